The highest BCUT2D eigenvalue weighted by Gasteiger charge is 2.19. The van der Waals surface area contributed by atoms with E-state index in [9.17, 15) is 0 Å². The van der Waals surface area contributed by atoms with Crippen molar-refractivity contribution >= 4 is 23.2 Å². The SMILES string of the molecule is Clc1ccccc1C(Cl)CN1CCC1. The van der Waals surface area contributed by atoms with Crippen LogP contribution in [0.3, 0.4) is 0 Å². The molecular formula is C11H13Cl2N. The molecule has 76 valence electrons. The molecule has 1 unspecified atom stereocenters. The van der Waals surface area contributed by atoms with Gasteiger partial charge in [-0.1, -0.05) is 29.8 Å². The Balaban J connectivity index is 2.02. The minimum absolute atomic E-state index is 0.0176. The third-order valence-corrected chi connectivity index (χ3v) is 3.33. The topological polar surface area (TPSA) is 3.24 Å². The lowest BCUT2D eigenvalue weighted by Gasteiger charge is -2.32. The molecule has 0 aromatic heterocycles. The van der Waals surface area contributed by atoms with Gasteiger partial charge in [0.2, 0.25) is 0 Å². The van der Waals surface area contributed by atoms with Crippen molar-refractivity contribution < 1.29 is 0 Å². The third kappa shape index (κ3) is 2.22. The maximum Gasteiger partial charge on any atom is 0.0726 e. The van der Waals surface area contributed by atoms with Gasteiger partial charge >= 0.3 is 0 Å². The number of nitrogens with zero attached hydrogens (tertiary/aromatic N) is 1. The van der Waals surface area contributed by atoms with Crippen LogP contribution in [0.15, 0.2) is 24.3 Å². The first-order valence-electron chi connectivity index (χ1n) is 4.88. The van der Waals surface area contributed by atoms with Crippen molar-refractivity contribution in [3.05, 3.63) is 34.9 Å². The van der Waals surface area contributed by atoms with Gasteiger partial charge in [-0.15, -0.1) is 11.6 Å². The lowest BCUT2D eigenvalue weighted by atomic mass is 10.1. The second kappa shape index (κ2) is 4.52. The molecule has 1 heterocycles. The van der Waals surface area contributed by atoms with Gasteiger partial charge in [-0.25, -0.2) is 0 Å². The summed E-state index contributed by atoms with van der Waals surface area (Å²) in [6.45, 7) is 3.26. The molecule has 0 aliphatic carbocycles. The Morgan fingerprint density at radius 2 is 2.00 bits per heavy atom. The van der Waals surface area contributed by atoms with Crippen LogP contribution in [0, 0.1) is 0 Å². The molecule has 0 amide bonds. The number of hydrogen-bond donors (Lipinski definition) is 0. The van der Waals surface area contributed by atoms with Crippen LogP contribution in [-0.4, -0.2) is 24.5 Å². The van der Waals surface area contributed by atoms with Crippen LogP contribution >= 0.6 is 23.2 Å². The van der Waals surface area contributed by atoms with E-state index in [4.69, 9.17) is 23.2 Å². The van der Waals surface area contributed by atoms with Gasteiger partial charge in [0.1, 0.15) is 0 Å². The molecule has 14 heavy (non-hydrogen) atoms. The van der Waals surface area contributed by atoms with Crippen LogP contribution in [0.5, 0.6) is 0 Å². The number of benzene rings is 1. The van der Waals surface area contributed by atoms with E-state index in [2.05, 4.69) is 4.90 Å². The summed E-state index contributed by atoms with van der Waals surface area (Å²) in [7, 11) is 0. The van der Waals surface area contributed by atoms with Crippen LogP contribution < -0.4 is 0 Å². The van der Waals surface area contributed by atoms with Crippen molar-refractivity contribution in [3.63, 3.8) is 0 Å². The summed E-state index contributed by atoms with van der Waals surface area (Å²) in [5.41, 5.74) is 1.04. The van der Waals surface area contributed by atoms with E-state index in [0.29, 0.717) is 0 Å². The summed E-state index contributed by atoms with van der Waals surface area (Å²) < 4.78 is 0. The maximum atomic E-state index is 6.29. The predicted molar refractivity (Wildman–Crippen MR) is 61.1 cm³/mol. The van der Waals surface area contributed by atoms with Crippen LogP contribution in [0.1, 0.15) is 17.4 Å². The average molecular weight is 230 g/mol. The predicted octanol–water partition coefficient (Wildman–Crippen LogP) is 3.33. The fraction of sp³-hybridized carbons (Fsp3) is 0.455. The van der Waals surface area contributed by atoms with E-state index >= 15 is 0 Å². The van der Waals surface area contributed by atoms with Gasteiger partial charge in [0, 0.05) is 11.6 Å². The molecule has 1 aliphatic rings. The minimum atomic E-state index is 0.0176. The van der Waals surface area contributed by atoms with E-state index < -0.39 is 0 Å². The average Bonchev–Trinajstić information content (AvgIpc) is 2.12. The lowest BCUT2D eigenvalue weighted by molar-refractivity contribution is 0.181. The first-order valence-corrected chi connectivity index (χ1v) is 5.69. The monoisotopic (exact) mass is 229 g/mol. The Bertz CT molecular complexity index is 310. The zero-order valence-corrected chi connectivity index (χ0v) is 9.43. The van der Waals surface area contributed by atoms with Gasteiger partial charge in [0.25, 0.3) is 0 Å². The summed E-state index contributed by atoms with van der Waals surface area (Å²) in [6.07, 6.45) is 1.30. The smallest absolute Gasteiger partial charge is 0.0726 e. The zero-order valence-electron chi connectivity index (χ0n) is 7.92. The molecule has 1 fully saturated rings. The van der Waals surface area contributed by atoms with Crippen molar-refractivity contribution in [1.29, 1.82) is 0 Å². The molecule has 1 saturated heterocycles. The molecule has 0 N–H and O–H groups in total. The summed E-state index contributed by atoms with van der Waals surface area (Å²) in [4.78, 5) is 2.35. The van der Waals surface area contributed by atoms with Gasteiger partial charge in [0.15, 0.2) is 0 Å². The van der Waals surface area contributed by atoms with Crippen LogP contribution in [0.2, 0.25) is 5.02 Å². The Kier molecular flexibility index (Phi) is 3.32. The molecule has 0 bridgehead atoms. The van der Waals surface area contributed by atoms with Crippen molar-refractivity contribution in [2.45, 2.75) is 11.8 Å². The van der Waals surface area contributed by atoms with Crippen molar-refractivity contribution in [3.8, 4) is 0 Å². The third-order valence-electron chi connectivity index (χ3n) is 2.61. The van der Waals surface area contributed by atoms with Crippen LogP contribution in [-0.2, 0) is 0 Å². The molecular weight excluding hydrogens is 217 g/mol. The summed E-state index contributed by atoms with van der Waals surface area (Å²) >= 11 is 12.4. The number of alkyl halides is 1. The normalized spacial score (nSPS) is 19.0. The Hall–Kier alpha value is -0.240. The summed E-state index contributed by atoms with van der Waals surface area (Å²) in [5.74, 6) is 0. The van der Waals surface area contributed by atoms with E-state index in [1.165, 1.54) is 19.5 Å². The summed E-state index contributed by atoms with van der Waals surface area (Å²) in [5, 5.41) is 0.789. The number of halogens is 2. The first-order chi connectivity index (χ1) is 6.77. The van der Waals surface area contributed by atoms with E-state index in [1.807, 2.05) is 24.3 Å². The highest BCUT2D eigenvalue weighted by molar-refractivity contribution is 6.32. The minimum Gasteiger partial charge on any atom is -0.301 e. The second-order valence-electron chi connectivity index (χ2n) is 3.64. The Morgan fingerprint density at radius 1 is 1.29 bits per heavy atom. The van der Waals surface area contributed by atoms with Crippen LogP contribution in [0.25, 0.3) is 0 Å². The standard InChI is InChI=1S/C11H13Cl2N/c12-10-5-2-1-4-9(10)11(13)8-14-6-3-7-14/h1-2,4-5,11H,3,6-8H2. The highest BCUT2D eigenvalue weighted by Crippen LogP contribution is 2.29. The molecule has 3 heteroatoms. The fourth-order valence-electron chi connectivity index (χ4n) is 1.62. The maximum absolute atomic E-state index is 6.29. The van der Waals surface area contributed by atoms with Crippen LogP contribution in [0.4, 0.5) is 0 Å². The summed E-state index contributed by atoms with van der Waals surface area (Å²) in [6, 6.07) is 7.80. The Labute approximate surface area is 94.6 Å². The van der Waals surface area contributed by atoms with Gasteiger partial charge < -0.3 is 4.90 Å². The second-order valence-corrected chi connectivity index (χ2v) is 4.58. The van der Waals surface area contributed by atoms with E-state index in [0.717, 1.165) is 17.1 Å². The molecule has 0 radical (unpaired) electrons. The molecule has 0 saturated carbocycles. The molecule has 1 nitrogen and oxygen atoms in total. The lowest BCUT2D eigenvalue weighted by Crippen LogP contribution is -2.39. The Morgan fingerprint density at radius 3 is 2.57 bits per heavy atom. The van der Waals surface area contributed by atoms with E-state index in [1.54, 1.807) is 0 Å². The number of hydrogen-bond acceptors (Lipinski definition) is 1. The van der Waals surface area contributed by atoms with Gasteiger partial charge in [0.05, 0.1) is 5.38 Å². The largest absolute Gasteiger partial charge is 0.301 e. The molecule has 0 spiro atoms. The number of likely N-dealkylation sites (tertiary alicyclic amines) is 1. The quantitative estimate of drug-likeness (QED) is 0.720. The van der Waals surface area contributed by atoms with E-state index in [-0.39, 0.29) is 5.38 Å². The molecule has 1 atom stereocenters. The molecule has 1 aliphatic heterocycles. The highest BCUT2D eigenvalue weighted by atomic mass is 35.5. The van der Waals surface area contributed by atoms with Gasteiger partial charge in [-0.3, -0.25) is 0 Å². The first kappa shape index (κ1) is 10.3. The van der Waals surface area contributed by atoms with Gasteiger partial charge in [-0.05, 0) is 31.1 Å². The van der Waals surface area contributed by atoms with Crippen molar-refractivity contribution in [1.82, 2.24) is 4.90 Å². The molecule has 1 aromatic carbocycles. The van der Waals surface area contributed by atoms with Gasteiger partial charge in [-0.2, -0.15) is 0 Å². The van der Waals surface area contributed by atoms with Crippen molar-refractivity contribution in [2.75, 3.05) is 19.6 Å². The zero-order chi connectivity index (χ0) is 9.97. The fourth-order valence-corrected chi connectivity index (χ4v) is 2.33. The molecule has 1 aromatic rings. The molecule has 2 rings (SSSR count). The number of rotatable bonds is 3. The van der Waals surface area contributed by atoms with Crippen molar-refractivity contribution in [2.24, 2.45) is 0 Å².